The Hall–Kier alpha value is -1.52. The molecule has 0 aromatic carbocycles. The first kappa shape index (κ1) is 15.9. The van der Waals surface area contributed by atoms with Crippen LogP contribution in [-0.2, 0) is 9.47 Å². The van der Waals surface area contributed by atoms with E-state index >= 15 is 0 Å². The Balaban J connectivity index is 2.51. The normalized spacial score (nSPS) is 34.0. The van der Waals surface area contributed by atoms with E-state index in [2.05, 4.69) is 4.98 Å². The molecular weight excluding hydrogens is 282 g/mol. The van der Waals surface area contributed by atoms with Gasteiger partial charge >= 0.3 is 5.69 Å². The van der Waals surface area contributed by atoms with Gasteiger partial charge in [0.05, 0.1) is 12.7 Å². The van der Waals surface area contributed by atoms with Gasteiger partial charge in [0, 0.05) is 13.3 Å². The van der Waals surface area contributed by atoms with Crippen molar-refractivity contribution in [2.75, 3.05) is 19.5 Å². The lowest BCUT2D eigenvalue weighted by atomic mass is 9.88. The summed E-state index contributed by atoms with van der Waals surface area (Å²) >= 11 is 0. The lowest BCUT2D eigenvalue weighted by Gasteiger charge is -2.35. The van der Waals surface area contributed by atoms with E-state index in [0.29, 0.717) is 0 Å². The first-order valence-corrected chi connectivity index (χ1v) is 6.40. The number of nitrogens with zero attached hydrogens (tertiary/aromatic N) is 2. The van der Waals surface area contributed by atoms with Crippen LogP contribution >= 0.6 is 0 Å². The highest BCUT2D eigenvalue weighted by atomic mass is 16.6. The fraction of sp³-hybridized carbons (Fsp3) is 0.667. The molecule has 1 aliphatic heterocycles. The average molecular weight is 301 g/mol. The van der Waals surface area contributed by atoms with E-state index in [1.807, 2.05) is 0 Å². The second-order valence-electron chi connectivity index (χ2n) is 4.96. The Bertz CT molecular complexity index is 564. The Morgan fingerprint density at radius 2 is 2.33 bits per heavy atom. The molecule has 0 aliphatic carbocycles. The van der Waals surface area contributed by atoms with Gasteiger partial charge < -0.3 is 30.5 Å². The predicted octanol–water partition coefficient (Wildman–Crippen LogP) is -2.16. The van der Waals surface area contributed by atoms with Crippen LogP contribution in [0.25, 0.3) is 0 Å². The molecule has 5 N–H and O–H groups in total. The Labute approximate surface area is 120 Å². The molecule has 0 saturated carbocycles. The Morgan fingerprint density at radius 3 is 2.86 bits per heavy atom. The Morgan fingerprint density at radius 1 is 1.67 bits per heavy atom. The fourth-order valence-electron chi connectivity index (χ4n) is 2.46. The van der Waals surface area contributed by atoms with Crippen LogP contribution in [0.1, 0.15) is 13.2 Å². The van der Waals surface area contributed by atoms with Crippen molar-refractivity contribution in [3.63, 3.8) is 0 Å². The third-order valence-corrected chi connectivity index (χ3v) is 3.81. The standard InChI is InChI=1S/C12H19N3O6/c1-6(20-2)12(19)9(17)7(5-16)21-10(12)15-4-3-8(13)14-11(15)18/h3-4,6-7,9-10,16-17,19H,5H2,1-2H3,(H2,13,14,18)/t6?,7-,9-,10-,12-/m1/s1. The number of anilines is 1. The first-order valence-electron chi connectivity index (χ1n) is 6.40. The topological polar surface area (TPSA) is 140 Å². The van der Waals surface area contributed by atoms with Gasteiger partial charge in [-0.2, -0.15) is 4.98 Å². The minimum absolute atomic E-state index is 0.0248. The summed E-state index contributed by atoms with van der Waals surface area (Å²) in [5.74, 6) is 0.0248. The number of nitrogens with two attached hydrogens (primary N) is 1. The molecule has 118 valence electrons. The van der Waals surface area contributed by atoms with Gasteiger partial charge in [-0.1, -0.05) is 0 Å². The summed E-state index contributed by atoms with van der Waals surface area (Å²) in [6.45, 7) is 1.00. The van der Waals surface area contributed by atoms with E-state index in [1.165, 1.54) is 26.3 Å². The molecule has 1 aromatic rings. The van der Waals surface area contributed by atoms with Gasteiger partial charge in [-0.25, -0.2) is 4.79 Å². The molecule has 2 heterocycles. The van der Waals surface area contributed by atoms with Crippen LogP contribution in [0.2, 0.25) is 0 Å². The van der Waals surface area contributed by atoms with E-state index in [-0.39, 0.29) is 5.82 Å². The number of hydrogen-bond donors (Lipinski definition) is 4. The van der Waals surface area contributed by atoms with Crippen molar-refractivity contribution < 1.29 is 24.8 Å². The molecule has 5 atom stereocenters. The third kappa shape index (κ3) is 2.43. The number of ether oxygens (including phenoxy) is 2. The summed E-state index contributed by atoms with van der Waals surface area (Å²) in [7, 11) is 1.35. The molecule has 0 radical (unpaired) electrons. The maximum atomic E-state index is 11.9. The molecule has 0 spiro atoms. The van der Waals surface area contributed by atoms with Gasteiger partial charge in [-0.05, 0) is 13.0 Å². The lowest BCUT2D eigenvalue weighted by molar-refractivity contribution is -0.175. The number of hydrogen-bond acceptors (Lipinski definition) is 8. The summed E-state index contributed by atoms with van der Waals surface area (Å²) in [4.78, 5) is 15.5. The molecule has 1 fully saturated rings. The van der Waals surface area contributed by atoms with Crippen molar-refractivity contribution in [1.82, 2.24) is 9.55 Å². The number of rotatable bonds is 4. The fourth-order valence-corrected chi connectivity index (χ4v) is 2.46. The number of aliphatic hydroxyl groups excluding tert-OH is 2. The maximum Gasteiger partial charge on any atom is 0.351 e. The number of methoxy groups -OCH3 is 1. The van der Waals surface area contributed by atoms with Crippen molar-refractivity contribution in [3.05, 3.63) is 22.7 Å². The highest BCUT2D eigenvalue weighted by Crippen LogP contribution is 2.40. The lowest BCUT2D eigenvalue weighted by Crippen LogP contribution is -2.56. The van der Waals surface area contributed by atoms with Crippen molar-refractivity contribution >= 4 is 5.82 Å². The zero-order valence-corrected chi connectivity index (χ0v) is 11.7. The summed E-state index contributed by atoms with van der Waals surface area (Å²) < 4.78 is 11.5. The summed E-state index contributed by atoms with van der Waals surface area (Å²) in [6, 6.07) is 1.36. The van der Waals surface area contributed by atoms with Crippen molar-refractivity contribution in [3.8, 4) is 0 Å². The quantitative estimate of drug-likeness (QED) is 0.493. The molecule has 1 aliphatic rings. The zero-order valence-electron chi connectivity index (χ0n) is 11.7. The van der Waals surface area contributed by atoms with Gasteiger partial charge in [0.1, 0.15) is 18.0 Å². The van der Waals surface area contributed by atoms with E-state index < -0.39 is 42.4 Å². The van der Waals surface area contributed by atoms with Gasteiger partial charge in [0.15, 0.2) is 11.8 Å². The molecule has 9 heteroatoms. The summed E-state index contributed by atoms with van der Waals surface area (Å²) in [6.07, 6.45) is -3.32. The van der Waals surface area contributed by atoms with Gasteiger partial charge in [0.2, 0.25) is 0 Å². The van der Waals surface area contributed by atoms with Crippen LogP contribution in [0.4, 0.5) is 5.82 Å². The van der Waals surface area contributed by atoms with Crippen molar-refractivity contribution in [2.24, 2.45) is 0 Å². The van der Waals surface area contributed by atoms with Crippen LogP contribution in [0.15, 0.2) is 17.1 Å². The van der Waals surface area contributed by atoms with E-state index in [9.17, 15) is 20.1 Å². The zero-order chi connectivity index (χ0) is 15.8. The largest absolute Gasteiger partial charge is 0.394 e. The molecule has 1 aromatic heterocycles. The highest BCUT2D eigenvalue weighted by molar-refractivity contribution is 5.24. The molecule has 0 bridgehead atoms. The number of aromatic nitrogens is 2. The molecular formula is C12H19N3O6. The van der Waals surface area contributed by atoms with Crippen LogP contribution in [0.5, 0.6) is 0 Å². The predicted molar refractivity (Wildman–Crippen MR) is 71.3 cm³/mol. The molecule has 1 saturated heterocycles. The summed E-state index contributed by atoms with van der Waals surface area (Å²) in [5, 5.41) is 30.3. The Kier molecular flexibility index (Phi) is 4.30. The molecule has 9 nitrogen and oxygen atoms in total. The highest BCUT2D eigenvalue weighted by Gasteiger charge is 2.59. The van der Waals surface area contributed by atoms with Crippen LogP contribution in [0, 0.1) is 0 Å². The molecule has 2 rings (SSSR count). The van der Waals surface area contributed by atoms with Gasteiger partial charge in [0.25, 0.3) is 0 Å². The average Bonchev–Trinajstić information content (AvgIpc) is 2.72. The minimum atomic E-state index is -1.93. The smallest absolute Gasteiger partial charge is 0.351 e. The SMILES string of the molecule is COC(C)[C@@]1(O)[C@H](O)[C@@H](CO)O[C@H]1n1ccc(N)nc1=O. The molecule has 0 amide bonds. The second-order valence-corrected chi connectivity index (χ2v) is 4.96. The monoisotopic (exact) mass is 301 g/mol. The van der Waals surface area contributed by atoms with E-state index in [1.54, 1.807) is 0 Å². The van der Waals surface area contributed by atoms with Crippen molar-refractivity contribution in [2.45, 2.75) is 37.1 Å². The van der Waals surface area contributed by atoms with Gasteiger partial charge in [-0.3, -0.25) is 4.57 Å². The second kappa shape index (κ2) is 5.70. The molecule has 21 heavy (non-hydrogen) atoms. The number of nitrogen functional groups attached to an aromatic ring is 1. The summed E-state index contributed by atoms with van der Waals surface area (Å²) in [5.41, 5.74) is 2.75. The maximum absolute atomic E-state index is 11.9. The minimum Gasteiger partial charge on any atom is -0.394 e. The first-order chi connectivity index (χ1) is 9.86. The van der Waals surface area contributed by atoms with Crippen LogP contribution < -0.4 is 11.4 Å². The van der Waals surface area contributed by atoms with Crippen LogP contribution in [-0.4, -0.2) is 62.5 Å². The van der Waals surface area contributed by atoms with Crippen molar-refractivity contribution in [1.29, 1.82) is 0 Å². The van der Waals surface area contributed by atoms with E-state index in [0.717, 1.165) is 4.57 Å². The van der Waals surface area contributed by atoms with Gasteiger partial charge in [-0.15, -0.1) is 0 Å². The third-order valence-electron chi connectivity index (χ3n) is 3.81. The molecule has 1 unspecified atom stereocenters. The van der Waals surface area contributed by atoms with E-state index in [4.69, 9.17) is 15.2 Å². The number of aliphatic hydroxyl groups is 3. The van der Waals surface area contributed by atoms with Crippen LogP contribution in [0.3, 0.4) is 0 Å².